The van der Waals surface area contributed by atoms with E-state index in [4.69, 9.17) is 4.74 Å². The van der Waals surface area contributed by atoms with Gasteiger partial charge in [-0.05, 0) is 22.6 Å². The largest absolute Gasteiger partial charge is 0.394 e. The molecule has 2 N–H and O–H groups in total. The molecule has 0 spiro atoms. The molecule has 1 aromatic carbocycles. The second kappa shape index (κ2) is 7.40. The molecule has 0 radical (unpaired) electrons. The zero-order valence-electron chi connectivity index (χ0n) is 11.0. The van der Waals surface area contributed by atoms with E-state index in [1.165, 1.54) is 4.88 Å². The molecule has 102 valence electrons. The van der Waals surface area contributed by atoms with Crippen molar-refractivity contribution in [3.8, 4) is 0 Å². The Balaban J connectivity index is 2.08. The number of hydrogen-bond acceptors (Lipinski definition) is 4. The first-order chi connectivity index (χ1) is 9.35. The molecule has 1 heterocycles. The Morgan fingerprint density at radius 1 is 1.26 bits per heavy atom. The predicted molar refractivity (Wildman–Crippen MR) is 78.1 cm³/mol. The molecule has 3 nitrogen and oxygen atoms in total. The van der Waals surface area contributed by atoms with E-state index in [1.807, 2.05) is 30.3 Å². The van der Waals surface area contributed by atoms with Crippen molar-refractivity contribution in [1.29, 1.82) is 0 Å². The number of methoxy groups -OCH3 is 1. The van der Waals surface area contributed by atoms with Crippen LogP contribution in [-0.4, -0.2) is 18.8 Å². The number of benzene rings is 1. The Hall–Kier alpha value is -1.20. The van der Waals surface area contributed by atoms with Crippen molar-refractivity contribution < 1.29 is 9.84 Å². The summed E-state index contributed by atoms with van der Waals surface area (Å²) in [6.45, 7) is 1.41. The maximum atomic E-state index is 9.60. The maximum absolute atomic E-state index is 9.60. The minimum Gasteiger partial charge on any atom is -0.394 e. The van der Waals surface area contributed by atoms with Gasteiger partial charge in [-0.25, -0.2) is 0 Å². The van der Waals surface area contributed by atoms with Crippen LogP contribution < -0.4 is 5.32 Å². The first-order valence-electron chi connectivity index (χ1n) is 6.28. The minimum atomic E-state index is -0.0616. The van der Waals surface area contributed by atoms with Crippen LogP contribution in [0.2, 0.25) is 0 Å². The monoisotopic (exact) mass is 277 g/mol. The van der Waals surface area contributed by atoms with E-state index in [1.54, 1.807) is 18.4 Å². The Bertz CT molecular complexity index is 485. The average Bonchev–Trinajstić information content (AvgIpc) is 2.95. The lowest BCUT2D eigenvalue weighted by molar-refractivity contribution is 0.181. The summed E-state index contributed by atoms with van der Waals surface area (Å²) in [7, 11) is 1.68. The maximum Gasteiger partial charge on any atom is 0.0716 e. The average molecular weight is 277 g/mol. The molecule has 0 fully saturated rings. The van der Waals surface area contributed by atoms with E-state index in [0.717, 1.165) is 17.7 Å². The number of nitrogens with one attached hydrogen (secondary N) is 1. The standard InChI is InChI=1S/C15H19NO2S/c1-18-11-12-5-2-3-7-14(12)15(10-17)16-9-13-6-4-8-19-13/h2-8,15-17H,9-11H2,1H3. The smallest absolute Gasteiger partial charge is 0.0716 e. The van der Waals surface area contributed by atoms with Crippen LogP contribution in [0.3, 0.4) is 0 Å². The molecule has 0 saturated heterocycles. The fourth-order valence-electron chi connectivity index (χ4n) is 2.07. The third kappa shape index (κ3) is 3.88. The molecule has 4 heteroatoms. The summed E-state index contributed by atoms with van der Waals surface area (Å²) in [4.78, 5) is 1.27. The number of thiophene rings is 1. The van der Waals surface area contributed by atoms with E-state index < -0.39 is 0 Å². The summed E-state index contributed by atoms with van der Waals surface area (Å²) in [5, 5.41) is 15.1. The molecular formula is C15H19NO2S. The fourth-order valence-corrected chi connectivity index (χ4v) is 2.73. The van der Waals surface area contributed by atoms with Gasteiger partial charge >= 0.3 is 0 Å². The highest BCUT2D eigenvalue weighted by molar-refractivity contribution is 7.09. The third-order valence-electron chi connectivity index (χ3n) is 3.02. The first kappa shape index (κ1) is 14.2. The van der Waals surface area contributed by atoms with E-state index in [-0.39, 0.29) is 12.6 Å². The van der Waals surface area contributed by atoms with Crippen molar-refractivity contribution in [2.24, 2.45) is 0 Å². The number of aliphatic hydroxyl groups is 1. The number of hydrogen-bond donors (Lipinski definition) is 2. The fraction of sp³-hybridized carbons (Fsp3) is 0.333. The summed E-state index contributed by atoms with van der Waals surface area (Å²) in [6.07, 6.45) is 0. The van der Waals surface area contributed by atoms with Crippen LogP contribution in [0.1, 0.15) is 22.0 Å². The molecule has 1 unspecified atom stereocenters. The van der Waals surface area contributed by atoms with Crippen LogP contribution >= 0.6 is 11.3 Å². The van der Waals surface area contributed by atoms with E-state index in [9.17, 15) is 5.11 Å². The second-order valence-corrected chi connectivity index (χ2v) is 5.36. The summed E-state index contributed by atoms with van der Waals surface area (Å²) >= 11 is 1.72. The van der Waals surface area contributed by atoms with Gasteiger partial charge in [0.15, 0.2) is 0 Å². The van der Waals surface area contributed by atoms with Gasteiger partial charge in [0, 0.05) is 18.5 Å². The van der Waals surface area contributed by atoms with Crippen molar-refractivity contribution in [2.45, 2.75) is 19.2 Å². The van der Waals surface area contributed by atoms with Gasteiger partial charge in [-0.15, -0.1) is 11.3 Å². The van der Waals surface area contributed by atoms with Crippen molar-refractivity contribution in [3.63, 3.8) is 0 Å². The van der Waals surface area contributed by atoms with Crippen LogP contribution in [0.25, 0.3) is 0 Å². The predicted octanol–water partition coefficient (Wildman–Crippen LogP) is 2.72. The lowest BCUT2D eigenvalue weighted by atomic mass is 10.0. The Kier molecular flexibility index (Phi) is 5.54. The molecule has 0 bridgehead atoms. The van der Waals surface area contributed by atoms with Crippen LogP contribution in [0.15, 0.2) is 41.8 Å². The molecule has 1 atom stereocenters. The van der Waals surface area contributed by atoms with Gasteiger partial charge in [-0.1, -0.05) is 30.3 Å². The van der Waals surface area contributed by atoms with Gasteiger partial charge in [0.2, 0.25) is 0 Å². The molecule has 2 aromatic rings. The highest BCUT2D eigenvalue weighted by Crippen LogP contribution is 2.20. The first-order valence-corrected chi connectivity index (χ1v) is 7.16. The third-order valence-corrected chi connectivity index (χ3v) is 3.89. The normalized spacial score (nSPS) is 12.5. The lowest BCUT2D eigenvalue weighted by Gasteiger charge is -2.19. The topological polar surface area (TPSA) is 41.5 Å². The van der Waals surface area contributed by atoms with Gasteiger partial charge < -0.3 is 15.2 Å². The minimum absolute atomic E-state index is 0.0616. The number of ether oxygens (including phenoxy) is 1. The second-order valence-electron chi connectivity index (χ2n) is 4.33. The molecule has 0 amide bonds. The van der Waals surface area contributed by atoms with Crippen LogP contribution in [0.4, 0.5) is 0 Å². The summed E-state index contributed by atoms with van der Waals surface area (Å²) in [5.41, 5.74) is 2.21. The molecule has 0 aliphatic heterocycles. The zero-order chi connectivity index (χ0) is 13.5. The van der Waals surface area contributed by atoms with Gasteiger partial charge in [-0.3, -0.25) is 0 Å². The molecule has 0 saturated carbocycles. The van der Waals surface area contributed by atoms with Crippen LogP contribution in [0.5, 0.6) is 0 Å². The van der Waals surface area contributed by atoms with Gasteiger partial charge in [0.1, 0.15) is 0 Å². The molecule has 0 aliphatic rings. The molecule has 19 heavy (non-hydrogen) atoms. The van der Waals surface area contributed by atoms with E-state index in [0.29, 0.717) is 6.61 Å². The number of rotatable bonds is 7. The number of aliphatic hydroxyl groups excluding tert-OH is 1. The van der Waals surface area contributed by atoms with Crippen molar-refractivity contribution in [3.05, 3.63) is 57.8 Å². The highest BCUT2D eigenvalue weighted by atomic mass is 32.1. The van der Waals surface area contributed by atoms with Gasteiger partial charge in [0.05, 0.1) is 19.3 Å². The van der Waals surface area contributed by atoms with Crippen LogP contribution in [-0.2, 0) is 17.9 Å². The lowest BCUT2D eigenvalue weighted by Crippen LogP contribution is -2.24. The molecule has 1 aromatic heterocycles. The Morgan fingerprint density at radius 3 is 2.79 bits per heavy atom. The van der Waals surface area contributed by atoms with Gasteiger partial charge in [0.25, 0.3) is 0 Å². The Labute approximate surface area is 117 Å². The van der Waals surface area contributed by atoms with E-state index >= 15 is 0 Å². The molecule has 0 aliphatic carbocycles. The summed E-state index contributed by atoms with van der Waals surface area (Å²) in [5.74, 6) is 0. The van der Waals surface area contributed by atoms with Crippen LogP contribution in [0, 0.1) is 0 Å². The molecular weight excluding hydrogens is 258 g/mol. The van der Waals surface area contributed by atoms with Gasteiger partial charge in [-0.2, -0.15) is 0 Å². The highest BCUT2D eigenvalue weighted by Gasteiger charge is 2.13. The SMILES string of the molecule is COCc1ccccc1C(CO)NCc1cccs1. The molecule has 2 rings (SSSR count). The van der Waals surface area contributed by atoms with Crippen molar-refractivity contribution in [1.82, 2.24) is 5.32 Å². The van der Waals surface area contributed by atoms with Crippen molar-refractivity contribution in [2.75, 3.05) is 13.7 Å². The Morgan fingerprint density at radius 2 is 2.11 bits per heavy atom. The summed E-state index contributed by atoms with van der Waals surface area (Å²) in [6, 6.07) is 12.1. The summed E-state index contributed by atoms with van der Waals surface area (Å²) < 4.78 is 5.21. The quantitative estimate of drug-likeness (QED) is 0.817. The van der Waals surface area contributed by atoms with Crippen molar-refractivity contribution >= 4 is 11.3 Å². The van der Waals surface area contributed by atoms with E-state index in [2.05, 4.69) is 16.8 Å². The zero-order valence-corrected chi connectivity index (χ0v) is 11.8.